The molecule has 0 spiro atoms. The van der Waals surface area contributed by atoms with Crippen LogP contribution in [0.2, 0.25) is 0 Å². The third-order valence-electron chi connectivity index (χ3n) is 5.32. The van der Waals surface area contributed by atoms with Crippen LogP contribution in [0.3, 0.4) is 0 Å². The number of hydrogen-bond acceptors (Lipinski definition) is 1. The molecule has 0 N–H and O–H groups in total. The molecule has 1 aliphatic carbocycles. The van der Waals surface area contributed by atoms with Crippen molar-refractivity contribution in [3.8, 4) is 0 Å². The summed E-state index contributed by atoms with van der Waals surface area (Å²) in [4.78, 5) is 0. The van der Waals surface area contributed by atoms with Crippen molar-refractivity contribution in [2.24, 2.45) is 16.7 Å². The van der Waals surface area contributed by atoms with Gasteiger partial charge in [0, 0.05) is 0 Å². The van der Waals surface area contributed by atoms with E-state index in [4.69, 9.17) is 4.74 Å². The maximum Gasteiger partial charge on any atom is 0.114 e. The van der Waals surface area contributed by atoms with Crippen LogP contribution in [0, 0.1) is 16.7 Å². The Morgan fingerprint density at radius 2 is 1.83 bits per heavy atom. The second-order valence-electron chi connectivity index (χ2n) is 7.21. The topological polar surface area (TPSA) is 9.23 Å². The Bertz CT molecular complexity index is 336. The lowest BCUT2D eigenvalue weighted by molar-refractivity contribution is 0.0548. The predicted molar refractivity (Wildman–Crippen MR) is 79.4 cm³/mol. The second kappa shape index (κ2) is 5.11. The van der Waals surface area contributed by atoms with Gasteiger partial charge in [-0.3, -0.25) is 0 Å². The van der Waals surface area contributed by atoms with Gasteiger partial charge in [-0.2, -0.15) is 0 Å². The van der Waals surface area contributed by atoms with Crippen molar-refractivity contribution >= 4 is 0 Å². The lowest BCUT2D eigenvalue weighted by Crippen LogP contribution is -2.33. The molecule has 0 aromatic carbocycles. The zero-order valence-corrected chi connectivity index (χ0v) is 13.1. The Kier molecular flexibility index (Phi) is 4.35. The number of allylic oxidation sites excluding steroid dienone is 1. The molecule has 1 rings (SSSR count). The third-order valence-corrected chi connectivity index (χ3v) is 5.32. The van der Waals surface area contributed by atoms with E-state index in [1.165, 1.54) is 12.8 Å². The van der Waals surface area contributed by atoms with Crippen molar-refractivity contribution in [3.63, 3.8) is 0 Å². The summed E-state index contributed by atoms with van der Waals surface area (Å²) in [5, 5.41) is 0. The molecule has 18 heavy (non-hydrogen) atoms. The summed E-state index contributed by atoms with van der Waals surface area (Å²) in [6.45, 7) is 21.5. The van der Waals surface area contributed by atoms with E-state index >= 15 is 0 Å². The highest BCUT2D eigenvalue weighted by Crippen LogP contribution is 2.57. The summed E-state index contributed by atoms with van der Waals surface area (Å²) in [5.41, 5.74) is 1.74. The van der Waals surface area contributed by atoms with E-state index in [2.05, 4.69) is 47.8 Å². The van der Waals surface area contributed by atoms with Crippen LogP contribution in [0.1, 0.15) is 60.8 Å². The molecule has 0 saturated heterocycles. The molecular formula is C17H30O. The van der Waals surface area contributed by atoms with E-state index in [0.29, 0.717) is 10.8 Å². The Labute approximate surface area is 113 Å². The fraction of sp³-hybridized carbons (Fsp3) is 0.765. The molecule has 0 heterocycles. The summed E-state index contributed by atoms with van der Waals surface area (Å²) in [6.07, 6.45) is 3.97. The van der Waals surface area contributed by atoms with Crippen LogP contribution in [-0.2, 0) is 4.74 Å². The maximum atomic E-state index is 5.84. The monoisotopic (exact) mass is 250 g/mol. The van der Waals surface area contributed by atoms with Gasteiger partial charge in [-0.1, -0.05) is 40.9 Å². The Morgan fingerprint density at radius 1 is 1.28 bits per heavy atom. The summed E-state index contributed by atoms with van der Waals surface area (Å²) < 4.78 is 5.84. The molecule has 1 aliphatic rings. The highest BCUT2D eigenvalue weighted by Gasteiger charge is 2.48. The first-order valence-electron chi connectivity index (χ1n) is 7.09. The van der Waals surface area contributed by atoms with Gasteiger partial charge in [-0.25, -0.2) is 0 Å². The van der Waals surface area contributed by atoms with Gasteiger partial charge in [0.05, 0.1) is 6.10 Å². The molecule has 0 aromatic heterocycles. The van der Waals surface area contributed by atoms with Gasteiger partial charge < -0.3 is 4.74 Å². The fourth-order valence-corrected chi connectivity index (χ4v) is 2.98. The Morgan fingerprint density at radius 3 is 2.22 bits per heavy atom. The van der Waals surface area contributed by atoms with Crippen LogP contribution in [-0.4, -0.2) is 6.10 Å². The minimum Gasteiger partial charge on any atom is -0.491 e. The largest absolute Gasteiger partial charge is 0.491 e. The van der Waals surface area contributed by atoms with E-state index in [0.717, 1.165) is 23.7 Å². The quantitative estimate of drug-likeness (QED) is 0.473. The minimum absolute atomic E-state index is 0.229. The van der Waals surface area contributed by atoms with Gasteiger partial charge in [0.1, 0.15) is 5.76 Å². The maximum absolute atomic E-state index is 5.84. The normalized spacial score (nSPS) is 26.7. The number of hydrogen-bond donors (Lipinski definition) is 0. The minimum atomic E-state index is 0.229. The van der Waals surface area contributed by atoms with Gasteiger partial charge in [0.15, 0.2) is 0 Å². The average Bonchev–Trinajstić information content (AvgIpc) is 2.40. The SMILES string of the molecule is C=C(C)C(=C)OC(C)CC1CCC(C)(C)C1(C)C. The van der Waals surface area contributed by atoms with Crippen LogP contribution < -0.4 is 0 Å². The third kappa shape index (κ3) is 2.99. The zero-order chi connectivity index (χ0) is 14.1. The van der Waals surface area contributed by atoms with Gasteiger partial charge in [-0.15, -0.1) is 0 Å². The average molecular weight is 250 g/mol. The van der Waals surface area contributed by atoms with Gasteiger partial charge in [-0.05, 0) is 55.4 Å². The highest BCUT2D eigenvalue weighted by atomic mass is 16.5. The molecule has 0 amide bonds. The van der Waals surface area contributed by atoms with Crippen LogP contribution in [0.25, 0.3) is 0 Å². The van der Waals surface area contributed by atoms with Gasteiger partial charge >= 0.3 is 0 Å². The van der Waals surface area contributed by atoms with Crippen molar-refractivity contribution in [1.29, 1.82) is 0 Å². The molecule has 0 aromatic rings. The lowest BCUT2D eigenvalue weighted by atomic mass is 9.66. The zero-order valence-electron chi connectivity index (χ0n) is 13.1. The van der Waals surface area contributed by atoms with Crippen molar-refractivity contribution in [1.82, 2.24) is 0 Å². The first-order chi connectivity index (χ1) is 8.08. The van der Waals surface area contributed by atoms with Gasteiger partial charge in [0.25, 0.3) is 0 Å². The molecule has 0 bridgehead atoms. The molecule has 1 nitrogen and oxygen atoms in total. The van der Waals surface area contributed by atoms with Crippen molar-refractivity contribution < 1.29 is 4.74 Å². The molecule has 104 valence electrons. The molecule has 0 radical (unpaired) electrons. The van der Waals surface area contributed by atoms with E-state index in [1.807, 2.05) is 6.92 Å². The standard InChI is InChI=1S/C17H30O/c1-12(2)14(4)18-13(3)11-15-9-10-16(5,6)17(15,7)8/h13,15H,1,4,9-11H2,2-3,5-8H3. The summed E-state index contributed by atoms with van der Waals surface area (Å²) >= 11 is 0. The predicted octanol–water partition coefficient (Wildman–Crippen LogP) is 5.33. The molecule has 1 fully saturated rings. The van der Waals surface area contributed by atoms with Crippen LogP contribution in [0.15, 0.2) is 24.5 Å². The summed E-state index contributed by atoms with van der Waals surface area (Å²) in [5.74, 6) is 1.47. The van der Waals surface area contributed by atoms with Crippen molar-refractivity contribution in [2.75, 3.05) is 0 Å². The van der Waals surface area contributed by atoms with Crippen molar-refractivity contribution in [3.05, 3.63) is 24.5 Å². The summed E-state index contributed by atoms with van der Waals surface area (Å²) in [7, 11) is 0. The first kappa shape index (κ1) is 15.3. The second-order valence-corrected chi connectivity index (χ2v) is 7.21. The Balaban J connectivity index is 2.59. The van der Waals surface area contributed by atoms with Gasteiger partial charge in [0.2, 0.25) is 0 Å². The van der Waals surface area contributed by atoms with E-state index in [1.54, 1.807) is 0 Å². The number of rotatable bonds is 5. The highest BCUT2D eigenvalue weighted by molar-refractivity contribution is 5.16. The fourth-order valence-electron chi connectivity index (χ4n) is 2.98. The number of ether oxygens (including phenoxy) is 1. The molecule has 2 unspecified atom stereocenters. The van der Waals surface area contributed by atoms with E-state index in [9.17, 15) is 0 Å². The molecule has 0 aliphatic heterocycles. The molecule has 1 saturated carbocycles. The first-order valence-corrected chi connectivity index (χ1v) is 7.09. The van der Waals surface area contributed by atoms with Crippen molar-refractivity contribution in [2.45, 2.75) is 66.9 Å². The lowest BCUT2D eigenvalue weighted by Gasteiger charge is -2.40. The Hall–Kier alpha value is -0.720. The van der Waals surface area contributed by atoms with Crippen LogP contribution in [0.4, 0.5) is 0 Å². The summed E-state index contributed by atoms with van der Waals surface area (Å²) in [6, 6.07) is 0. The van der Waals surface area contributed by atoms with E-state index < -0.39 is 0 Å². The van der Waals surface area contributed by atoms with Crippen LogP contribution in [0.5, 0.6) is 0 Å². The molecular weight excluding hydrogens is 220 g/mol. The molecule has 2 atom stereocenters. The molecule has 1 heteroatoms. The van der Waals surface area contributed by atoms with Crippen LogP contribution >= 0.6 is 0 Å². The smallest absolute Gasteiger partial charge is 0.114 e. The van der Waals surface area contributed by atoms with E-state index in [-0.39, 0.29) is 6.10 Å².